The molecule has 0 unspecified atom stereocenters. The largest absolute Gasteiger partial charge is 0.301 e. The van der Waals surface area contributed by atoms with Gasteiger partial charge in [-0.05, 0) is 60.6 Å². The van der Waals surface area contributed by atoms with Gasteiger partial charge in [-0.1, -0.05) is 35.0 Å². The molecule has 5 nitrogen and oxygen atoms in total. The molecule has 2 aromatic rings. The zero-order valence-corrected chi connectivity index (χ0v) is 16.4. The van der Waals surface area contributed by atoms with Crippen LogP contribution in [-0.4, -0.2) is 23.1 Å². The highest BCUT2D eigenvalue weighted by molar-refractivity contribution is 9.10. The van der Waals surface area contributed by atoms with Crippen molar-refractivity contribution in [3.05, 3.63) is 58.6 Å². The highest BCUT2D eigenvalue weighted by atomic mass is 79.9. The number of thiocarbonyl (C=S) groups is 1. The lowest BCUT2D eigenvalue weighted by molar-refractivity contribution is -0.130. The number of halogens is 1. The van der Waals surface area contributed by atoms with Crippen molar-refractivity contribution in [1.82, 2.24) is 5.32 Å². The van der Waals surface area contributed by atoms with Crippen LogP contribution in [0, 0.1) is 5.92 Å². The first-order chi connectivity index (χ1) is 12.5. The predicted octanol–water partition coefficient (Wildman–Crippen LogP) is 3.78. The molecule has 1 aliphatic heterocycles. The van der Waals surface area contributed by atoms with Gasteiger partial charge in [-0.2, -0.15) is 0 Å². The molecule has 1 atom stereocenters. The molecule has 1 fully saturated rings. The number of anilines is 1. The van der Waals surface area contributed by atoms with Gasteiger partial charge in [-0.25, -0.2) is 0 Å². The molecule has 0 bridgehead atoms. The van der Waals surface area contributed by atoms with Crippen LogP contribution in [0.3, 0.4) is 0 Å². The van der Waals surface area contributed by atoms with E-state index in [1.54, 1.807) is 24.3 Å². The molecule has 7 heteroatoms. The van der Waals surface area contributed by atoms with Gasteiger partial charge in [0.15, 0.2) is 11.0 Å². The van der Waals surface area contributed by atoms with Crippen LogP contribution in [-0.2, 0) is 16.0 Å². The molecule has 0 aromatic heterocycles. The monoisotopic (exact) mass is 429 g/mol. The summed E-state index contributed by atoms with van der Waals surface area (Å²) in [7, 11) is 0. The third-order valence-electron chi connectivity index (χ3n) is 4.00. The molecule has 0 spiro atoms. The molecule has 0 aliphatic carbocycles. The highest BCUT2D eigenvalue weighted by Crippen LogP contribution is 2.23. The van der Waals surface area contributed by atoms with E-state index in [0.29, 0.717) is 11.4 Å². The minimum absolute atomic E-state index is 0.0688. The maximum atomic E-state index is 12.8. The van der Waals surface area contributed by atoms with Gasteiger partial charge in [0.2, 0.25) is 5.91 Å². The van der Waals surface area contributed by atoms with Crippen molar-refractivity contribution >= 4 is 62.7 Å². The van der Waals surface area contributed by atoms with Crippen molar-refractivity contribution in [2.24, 2.45) is 10.9 Å². The minimum atomic E-state index is -1.03. The molecule has 0 radical (unpaired) electrons. The van der Waals surface area contributed by atoms with E-state index in [4.69, 9.17) is 12.2 Å². The van der Waals surface area contributed by atoms with Crippen molar-refractivity contribution in [2.45, 2.75) is 13.3 Å². The second-order valence-corrected chi connectivity index (χ2v) is 7.02. The van der Waals surface area contributed by atoms with Crippen LogP contribution in [0.5, 0.6) is 0 Å². The van der Waals surface area contributed by atoms with Crippen LogP contribution in [0.2, 0.25) is 0 Å². The van der Waals surface area contributed by atoms with Crippen molar-refractivity contribution < 1.29 is 9.59 Å². The van der Waals surface area contributed by atoms with Crippen LogP contribution in [0.15, 0.2) is 58.0 Å². The number of carbonyl (C=O) groups excluding carboxylic acids is 2. The number of benzene rings is 2. The molecule has 1 aliphatic rings. The van der Waals surface area contributed by atoms with Gasteiger partial charge >= 0.3 is 0 Å². The van der Waals surface area contributed by atoms with Crippen LogP contribution >= 0.6 is 28.1 Å². The Balaban J connectivity index is 1.84. The number of nitrogens with one attached hydrogen (secondary N) is 1. The lowest BCUT2D eigenvalue weighted by Crippen LogP contribution is -2.58. The molecule has 2 aromatic carbocycles. The summed E-state index contributed by atoms with van der Waals surface area (Å²) in [5.74, 6) is -1.92. The Morgan fingerprint density at radius 3 is 2.42 bits per heavy atom. The minimum Gasteiger partial charge on any atom is -0.301 e. The maximum Gasteiger partial charge on any atom is 0.251 e. The fraction of sp³-hybridized carbons (Fsp3) is 0.158. The third-order valence-corrected chi connectivity index (χ3v) is 4.82. The van der Waals surface area contributed by atoms with E-state index in [9.17, 15) is 9.59 Å². The number of nitrogens with zero attached hydrogens (tertiary/aromatic N) is 2. The smallest absolute Gasteiger partial charge is 0.251 e. The van der Waals surface area contributed by atoms with Crippen LogP contribution < -0.4 is 10.2 Å². The fourth-order valence-electron chi connectivity index (χ4n) is 2.53. The second-order valence-electron chi connectivity index (χ2n) is 5.72. The Morgan fingerprint density at radius 2 is 1.81 bits per heavy atom. The van der Waals surface area contributed by atoms with Gasteiger partial charge in [0, 0.05) is 10.7 Å². The molecule has 132 valence electrons. The van der Waals surface area contributed by atoms with E-state index in [0.717, 1.165) is 10.9 Å². The van der Waals surface area contributed by atoms with Crippen LogP contribution in [0.4, 0.5) is 11.4 Å². The van der Waals surface area contributed by atoms with Crippen LogP contribution in [0.25, 0.3) is 0 Å². The summed E-state index contributed by atoms with van der Waals surface area (Å²) in [6.45, 7) is 2.07. The number of hydrogen-bond acceptors (Lipinski definition) is 4. The molecular weight excluding hydrogens is 414 g/mol. The highest BCUT2D eigenvalue weighted by Gasteiger charge is 2.38. The topological polar surface area (TPSA) is 61.8 Å². The average Bonchev–Trinajstić information content (AvgIpc) is 2.63. The van der Waals surface area contributed by atoms with Gasteiger partial charge < -0.3 is 5.32 Å². The Labute approximate surface area is 165 Å². The van der Waals surface area contributed by atoms with Crippen molar-refractivity contribution in [2.75, 3.05) is 4.90 Å². The van der Waals surface area contributed by atoms with Crippen LogP contribution in [0.1, 0.15) is 12.5 Å². The summed E-state index contributed by atoms with van der Waals surface area (Å²) in [6.07, 6.45) is 2.30. The number of amides is 2. The third kappa shape index (κ3) is 3.89. The number of carbonyl (C=O) groups is 2. The summed E-state index contributed by atoms with van der Waals surface area (Å²) in [5.41, 5.74) is 2.47. The van der Waals surface area contributed by atoms with E-state index >= 15 is 0 Å². The molecule has 1 N–H and O–H groups in total. The van der Waals surface area contributed by atoms with Gasteiger partial charge in [0.25, 0.3) is 5.91 Å². The van der Waals surface area contributed by atoms with E-state index in [1.807, 2.05) is 24.3 Å². The Kier molecular flexibility index (Phi) is 5.58. The predicted molar refractivity (Wildman–Crippen MR) is 110 cm³/mol. The lowest BCUT2D eigenvalue weighted by atomic mass is 10.1. The van der Waals surface area contributed by atoms with Crippen molar-refractivity contribution in [1.29, 1.82) is 0 Å². The summed E-state index contributed by atoms with van der Waals surface area (Å²) in [6, 6.07) is 14.8. The maximum absolute atomic E-state index is 12.8. The molecule has 0 saturated carbocycles. The molecule has 26 heavy (non-hydrogen) atoms. The SMILES string of the molecule is CCc1ccc(N=C[C@@H]2C(=O)NC(=S)N(c3ccc(Br)cc3)C2=O)cc1. The van der Waals surface area contributed by atoms with Gasteiger partial charge in [0.1, 0.15) is 0 Å². The first kappa shape index (κ1) is 18.4. The Hall–Kier alpha value is -2.38. The van der Waals surface area contributed by atoms with Gasteiger partial charge in [0.05, 0.1) is 11.4 Å². The van der Waals surface area contributed by atoms with E-state index < -0.39 is 17.7 Å². The summed E-state index contributed by atoms with van der Waals surface area (Å²) < 4.78 is 0.884. The molecule has 3 rings (SSSR count). The lowest BCUT2D eigenvalue weighted by Gasteiger charge is -2.30. The number of rotatable bonds is 4. The van der Waals surface area contributed by atoms with Crippen molar-refractivity contribution in [3.8, 4) is 0 Å². The first-order valence-electron chi connectivity index (χ1n) is 8.07. The Bertz CT molecular complexity index is 879. The second kappa shape index (κ2) is 7.88. The Morgan fingerprint density at radius 1 is 1.15 bits per heavy atom. The molecule has 1 saturated heterocycles. The zero-order chi connectivity index (χ0) is 18.7. The first-order valence-corrected chi connectivity index (χ1v) is 9.27. The summed E-state index contributed by atoms with van der Waals surface area (Å²) in [4.78, 5) is 30.7. The van der Waals surface area contributed by atoms with E-state index in [-0.39, 0.29) is 5.11 Å². The van der Waals surface area contributed by atoms with E-state index in [2.05, 4.69) is 33.2 Å². The van der Waals surface area contributed by atoms with Gasteiger partial charge in [-0.15, -0.1) is 0 Å². The quantitative estimate of drug-likeness (QED) is 0.456. The number of aryl methyl sites for hydroxylation is 1. The zero-order valence-electron chi connectivity index (χ0n) is 14.0. The van der Waals surface area contributed by atoms with E-state index in [1.165, 1.54) is 16.7 Å². The van der Waals surface area contributed by atoms with Crippen molar-refractivity contribution in [3.63, 3.8) is 0 Å². The normalized spacial score (nSPS) is 17.7. The van der Waals surface area contributed by atoms with Gasteiger partial charge in [-0.3, -0.25) is 19.5 Å². The fourth-order valence-corrected chi connectivity index (χ4v) is 3.10. The number of aliphatic imine (C=N–C) groups is 1. The molecule has 1 heterocycles. The summed E-state index contributed by atoms with van der Waals surface area (Å²) >= 11 is 8.53. The summed E-state index contributed by atoms with van der Waals surface area (Å²) in [5, 5.41) is 2.64. The average molecular weight is 430 g/mol. The standard InChI is InChI=1S/C19H16BrN3O2S/c1-2-12-3-7-14(8-4-12)21-11-16-17(24)22-19(26)23(18(16)25)15-9-5-13(20)6-10-15/h3-11,16H,2H2,1H3,(H,22,24,26)/t16-/m1/s1. The molecule has 2 amide bonds. The molecular formula is C19H16BrN3O2S. The number of hydrogen-bond donors (Lipinski definition) is 1.